The minimum atomic E-state index is -0.412. The summed E-state index contributed by atoms with van der Waals surface area (Å²) >= 11 is 0. The Hall–Kier alpha value is -2.73. The zero-order chi connectivity index (χ0) is 18.5. The van der Waals surface area contributed by atoms with Crippen molar-refractivity contribution in [3.63, 3.8) is 0 Å². The standard InChI is InChI=1S/C20H21FN2O3/c1-26-18-7-5-15(6-8-18)19(24)14-22-9-11-23(12-10-22)20(25)16-3-2-4-17(21)13-16/h2-8,13H,9-12,14H2,1H3/p+1. The van der Waals surface area contributed by atoms with Crippen molar-refractivity contribution in [2.45, 2.75) is 0 Å². The van der Waals surface area contributed by atoms with Gasteiger partial charge in [-0.25, -0.2) is 4.39 Å². The molecule has 1 fully saturated rings. The smallest absolute Gasteiger partial charge is 0.254 e. The predicted molar refractivity (Wildman–Crippen MR) is 95.2 cm³/mol. The van der Waals surface area contributed by atoms with E-state index < -0.39 is 5.82 Å². The van der Waals surface area contributed by atoms with Crippen molar-refractivity contribution in [2.75, 3.05) is 39.8 Å². The van der Waals surface area contributed by atoms with Crippen molar-refractivity contribution in [1.29, 1.82) is 0 Å². The lowest BCUT2D eigenvalue weighted by atomic mass is 10.1. The minimum Gasteiger partial charge on any atom is -0.497 e. The third kappa shape index (κ3) is 4.26. The monoisotopic (exact) mass is 357 g/mol. The van der Waals surface area contributed by atoms with Crippen LogP contribution in [0.25, 0.3) is 0 Å². The Kier molecular flexibility index (Phi) is 5.63. The second-order valence-corrected chi connectivity index (χ2v) is 6.38. The highest BCUT2D eigenvalue weighted by Crippen LogP contribution is 2.11. The van der Waals surface area contributed by atoms with E-state index in [1.807, 2.05) is 0 Å². The van der Waals surface area contributed by atoms with E-state index >= 15 is 0 Å². The molecular weight excluding hydrogens is 335 g/mol. The molecule has 2 aromatic rings. The lowest BCUT2D eigenvalue weighted by Gasteiger charge is -2.32. The second kappa shape index (κ2) is 8.10. The van der Waals surface area contributed by atoms with E-state index in [9.17, 15) is 14.0 Å². The van der Waals surface area contributed by atoms with Crippen molar-refractivity contribution in [3.05, 3.63) is 65.5 Å². The van der Waals surface area contributed by atoms with Gasteiger partial charge in [-0.3, -0.25) is 9.59 Å². The van der Waals surface area contributed by atoms with E-state index in [2.05, 4.69) is 0 Å². The minimum absolute atomic E-state index is 0.0764. The van der Waals surface area contributed by atoms with Crippen molar-refractivity contribution in [2.24, 2.45) is 0 Å². The summed E-state index contributed by atoms with van der Waals surface area (Å²) in [6, 6.07) is 12.8. The van der Waals surface area contributed by atoms with Gasteiger partial charge in [0.2, 0.25) is 5.78 Å². The van der Waals surface area contributed by atoms with Gasteiger partial charge in [-0.05, 0) is 42.5 Å². The molecule has 0 unspecified atom stereocenters. The van der Waals surface area contributed by atoms with Crippen LogP contribution in [0.5, 0.6) is 5.75 Å². The number of rotatable bonds is 5. The van der Waals surface area contributed by atoms with Crippen LogP contribution < -0.4 is 9.64 Å². The number of methoxy groups -OCH3 is 1. The predicted octanol–water partition coefficient (Wildman–Crippen LogP) is 1.06. The fraction of sp³-hybridized carbons (Fsp3) is 0.300. The molecule has 3 rings (SSSR count). The van der Waals surface area contributed by atoms with Crippen LogP contribution in [0.2, 0.25) is 0 Å². The molecule has 0 radical (unpaired) electrons. The number of carbonyl (C=O) groups excluding carboxylic acids is 2. The number of halogens is 1. The number of nitrogens with zero attached hydrogens (tertiary/aromatic N) is 1. The summed E-state index contributed by atoms with van der Waals surface area (Å²) in [6.45, 7) is 2.90. The van der Waals surface area contributed by atoms with Gasteiger partial charge < -0.3 is 14.5 Å². The van der Waals surface area contributed by atoms with Gasteiger partial charge in [-0.1, -0.05) is 6.07 Å². The van der Waals surface area contributed by atoms with Gasteiger partial charge in [0.25, 0.3) is 5.91 Å². The number of hydrogen-bond acceptors (Lipinski definition) is 3. The number of Topliss-reactive ketones (excluding diaryl/α,β-unsaturated/α-hetero) is 1. The number of benzene rings is 2. The molecular formula is C20H22FN2O3+. The average Bonchev–Trinajstić information content (AvgIpc) is 2.68. The zero-order valence-corrected chi connectivity index (χ0v) is 14.7. The van der Waals surface area contributed by atoms with Crippen LogP contribution in [0.15, 0.2) is 48.5 Å². The summed E-state index contributed by atoms with van der Waals surface area (Å²) in [4.78, 5) is 27.7. The number of hydrogen-bond donors (Lipinski definition) is 1. The Morgan fingerprint density at radius 2 is 1.77 bits per heavy atom. The molecule has 1 amide bonds. The summed E-state index contributed by atoms with van der Waals surface area (Å²) in [7, 11) is 1.59. The number of nitrogens with one attached hydrogen (secondary N) is 1. The third-order valence-electron chi connectivity index (χ3n) is 4.65. The number of ether oxygens (including phenoxy) is 1. The SMILES string of the molecule is COc1ccc(C(=O)C[NH+]2CCN(C(=O)c3cccc(F)c3)CC2)cc1. The highest BCUT2D eigenvalue weighted by Gasteiger charge is 2.26. The molecule has 1 saturated heterocycles. The number of ketones is 1. The highest BCUT2D eigenvalue weighted by molar-refractivity contribution is 5.97. The van der Waals surface area contributed by atoms with E-state index in [-0.39, 0.29) is 11.7 Å². The van der Waals surface area contributed by atoms with Gasteiger partial charge >= 0.3 is 0 Å². The van der Waals surface area contributed by atoms with Crippen LogP contribution in [0.4, 0.5) is 4.39 Å². The fourth-order valence-electron chi connectivity index (χ4n) is 3.11. The molecule has 26 heavy (non-hydrogen) atoms. The van der Waals surface area contributed by atoms with Gasteiger partial charge in [0, 0.05) is 11.1 Å². The lowest BCUT2D eigenvalue weighted by molar-refractivity contribution is -0.895. The van der Waals surface area contributed by atoms with Crippen LogP contribution in [0.1, 0.15) is 20.7 Å². The highest BCUT2D eigenvalue weighted by atomic mass is 19.1. The van der Waals surface area contributed by atoms with Crippen molar-refractivity contribution >= 4 is 11.7 Å². The van der Waals surface area contributed by atoms with Crippen LogP contribution in [0, 0.1) is 5.82 Å². The molecule has 2 aromatic carbocycles. The average molecular weight is 357 g/mol. The number of piperazine rings is 1. The molecule has 0 aliphatic carbocycles. The molecule has 0 saturated carbocycles. The summed E-state index contributed by atoms with van der Waals surface area (Å²) in [5.74, 6) is 0.223. The molecule has 5 nitrogen and oxygen atoms in total. The summed E-state index contributed by atoms with van der Waals surface area (Å²) in [5, 5.41) is 0. The molecule has 0 spiro atoms. The molecule has 0 atom stereocenters. The maximum absolute atomic E-state index is 13.3. The van der Waals surface area contributed by atoms with Crippen LogP contribution in [-0.4, -0.2) is 56.4 Å². The molecule has 1 N–H and O–H groups in total. The van der Waals surface area contributed by atoms with E-state index in [4.69, 9.17) is 4.74 Å². The first-order chi connectivity index (χ1) is 12.6. The largest absolute Gasteiger partial charge is 0.497 e. The Morgan fingerprint density at radius 1 is 1.08 bits per heavy atom. The summed E-state index contributed by atoms with van der Waals surface area (Å²) < 4.78 is 18.4. The van der Waals surface area contributed by atoms with E-state index in [1.54, 1.807) is 42.3 Å². The number of quaternary nitrogens is 1. The Balaban J connectivity index is 1.53. The van der Waals surface area contributed by atoms with E-state index in [1.165, 1.54) is 18.2 Å². The Labute approximate surface area is 152 Å². The zero-order valence-electron chi connectivity index (χ0n) is 14.7. The summed E-state index contributed by atoms with van der Waals surface area (Å²) in [6.07, 6.45) is 0. The van der Waals surface area contributed by atoms with Gasteiger partial charge in [-0.2, -0.15) is 0 Å². The van der Waals surface area contributed by atoms with Crippen LogP contribution in [0.3, 0.4) is 0 Å². The third-order valence-corrected chi connectivity index (χ3v) is 4.65. The molecule has 6 heteroatoms. The topological polar surface area (TPSA) is 51.1 Å². The van der Waals surface area contributed by atoms with Gasteiger partial charge in [0.1, 0.15) is 18.1 Å². The first kappa shape index (κ1) is 18.1. The first-order valence-electron chi connectivity index (χ1n) is 8.62. The van der Waals surface area contributed by atoms with Crippen LogP contribution in [-0.2, 0) is 0 Å². The quantitative estimate of drug-likeness (QED) is 0.814. The van der Waals surface area contributed by atoms with Crippen molar-refractivity contribution < 1.29 is 23.6 Å². The number of amides is 1. The van der Waals surface area contributed by atoms with Crippen molar-refractivity contribution in [1.82, 2.24) is 4.90 Å². The van der Waals surface area contributed by atoms with Gasteiger partial charge in [0.05, 0.1) is 33.3 Å². The van der Waals surface area contributed by atoms with E-state index in [0.717, 1.165) is 10.6 Å². The fourth-order valence-corrected chi connectivity index (χ4v) is 3.11. The normalized spacial score (nSPS) is 14.9. The second-order valence-electron chi connectivity index (χ2n) is 6.38. The number of carbonyl (C=O) groups is 2. The Bertz CT molecular complexity index is 784. The maximum Gasteiger partial charge on any atom is 0.254 e. The van der Waals surface area contributed by atoms with Gasteiger partial charge in [0.15, 0.2) is 0 Å². The first-order valence-corrected chi connectivity index (χ1v) is 8.62. The Morgan fingerprint density at radius 3 is 2.38 bits per heavy atom. The van der Waals surface area contributed by atoms with E-state index in [0.29, 0.717) is 43.9 Å². The molecule has 1 aliphatic rings. The molecule has 1 heterocycles. The van der Waals surface area contributed by atoms with Crippen LogP contribution >= 0.6 is 0 Å². The molecule has 136 valence electrons. The molecule has 1 aliphatic heterocycles. The lowest BCUT2D eigenvalue weighted by Crippen LogP contribution is -3.15. The maximum atomic E-state index is 13.3. The summed E-state index contributed by atoms with van der Waals surface area (Å²) in [5.41, 5.74) is 1.03. The molecule has 0 aromatic heterocycles. The van der Waals surface area contributed by atoms with Crippen molar-refractivity contribution in [3.8, 4) is 5.75 Å². The van der Waals surface area contributed by atoms with Gasteiger partial charge in [-0.15, -0.1) is 0 Å². The molecule has 0 bridgehead atoms.